The van der Waals surface area contributed by atoms with Gasteiger partial charge in [-0.3, -0.25) is 10.4 Å². The quantitative estimate of drug-likeness (QED) is 0.361. The standard InChI is InChI=1S/C24H20F2N4O4/c1-34-21(31)19-8-7-16(20-14-28-30-29-20)11-18(19)13-27-24(26)12-17(15-5-3-2-4-6-15)9-10-23(24,25)22(32)33/h2-12,14,27H,13H2,1H3,(H,32,33)(H,28,29,30). The minimum Gasteiger partial charge on any atom is -0.478 e. The molecule has 2 unspecified atom stereocenters. The molecule has 3 N–H and O–H groups in total. The van der Waals surface area contributed by atoms with E-state index in [2.05, 4.69) is 20.7 Å². The topological polar surface area (TPSA) is 117 Å². The summed E-state index contributed by atoms with van der Waals surface area (Å²) < 4.78 is 36.4. The summed E-state index contributed by atoms with van der Waals surface area (Å²) in [7, 11) is 1.20. The molecular weight excluding hydrogens is 446 g/mol. The molecule has 0 saturated carbocycles. The van der Waals surface area contributed by atoms with Gasteiger partial charge in [-0.1, -0.05) is 47.7 Å². The van der Waals surface area contributed by atoms with Crippen LogP contribution in [0.25, 0.3) is 16.8 Å². The number of hydrogen-bond acceptors (Lipinski definition) is 6. The number of carboxylic acid groups (broad SMARTS) is 1. The van der Waals surface area contributed by atoms with Gasteiger partial charge >= 0.3 is 11.9 Å². The van der Waals surface area contributed by atoms with Crippen LogP contribution in [-0.4, -0.2) is 51.0 Å². The Bertz CT molecular complexity index is 1280. The Hall–Kier alpha value is -4.18. The number of nitrogens with zero attached hydrogens (tertiary/aromatic N) is 2. The maximum absolute atomic E-state index is 16.1. The molecule has 174 valence electrons. The van der Waals surface area contributed by atoms with Crippen molar-refractivity contribution in [3.05, 3.63) is 89.6 Å². The molecule has 0 amide bonds. The lowest BCUT2D eigenvalue weighted by atomic mass is 9.84. The molecular formula is C24H20F2N4O4. The van der Waals surface area contributed by atoms with Gasteiger partial charge in [0, 0.05) is 12.1 Å². The number of H-pyrrole nitrogens is 1. The van der Waals surface area contributed by atoms with Crippen LogP contribution in [0.15, 0.2) is 73.0 Å². The minimum absolute atomic E-state index is 0.105. The highest BCUT2D eigenvalue weighted by Gasteiger charge is 2.58. The summed E-state index contributed by atoms with van der Waals surface area (Å²) in [6.45, 7) is -0.387. The maximum atomic E-state index is 16.1. The summed E-state index contributed by atoms with van der Waals surface area (Å²) in [6.07, 6.45) is 4.27. The Morgan fingerprint density at radius 1 is 1.15 bits per heavy atom. The molecule has 2 aromatic carbocycles. The van der Waals surface area contributed by atoms with Gasteiger partial charge < -0.3 is 9.84 Å². The van der Waals surface area contributed by atoms with Crippen molar-refractivity contribution in [1.29, 1.82) is 0 Å². The van der Waals surface area contributed by atoms with Gasteiger partial charge in [-0.25, -0.2) is 18.4 Å². The summed E-state index contributed by atoms with van der Waals surface area (Å²) in [5.41, 5.74) is -1.03. The van der Waals surface area contributed by atoms with E-state index in [0.717, 1.165) is 6.08 Å². The molecule has 2 atom stereocenters. The summed E-state index contributed by atoms with van der Waals surface area (Å²) in [5.74, 6) is -5.81. The SMILES string of the molecule is COC(=O)c1ccc(-c2cnn[nH]2)cc1CNC1(F)C=C(c2ccccc2)C=CC1(F)C(=O)O. The number of aliphatic carboxylic acids is 1. The Morgan fingerprint density at radius 2 is 1.91 bits per heavy atom. The van der Waals surface area contributed by atoms with Crippen LogP contribution >= 0.6 is 0 Å². The van der Waals surface area contributed by atoms with Gasteiger partial charge in [0.05, 0.1) is 24.6 Å². The molecule has 0 fully saturated rings. The number of carbonyl (C=O) groups is 2. The van der Waals surface area contributed by atoms with Gasteiger partial charge in [0.1, 0.15) is 0 Å². The molecule has 10 heteroatoms. The van der Waals surface area contributed by atoms with E-state index in [4.69, 9.17) is 4.74 Å². The third kappa shape index (κ3) is 4.11. The van der Waals surface area contributed by atoms with Crippen molar-refractivity contribution >= 4 is 17.5 Å². The van der Waals surface area contributed by atoms with E-state index in [0.29, 0.717) is 28.5 Å². The number of alkyl halides is 2. The van der Waals surface area contributed by atoms with Crippen LogP contribution in [0.1, 0.15) is 21.5 Å². The van der Waals surface area contributed by atoms with Crippen LogP contribution in [0.3, 0.4) is 0 Å². The fourth-order valence-corrected chi connectivity index (χ4v) is 3.69. The van der Waals surface area contributed by atoms with E-state index in [9.17, 15) is 14.7 Å². The molecule has 0 radical (unpaired) electrons. The second-order valence-corrected chi connectivity index (χ2v) is 7.61. The Morgan fingerprint density at radius 3 is 2.56 bits per heavy atom. The van der Waals surface area contributed by atoms with Crippen molar-refractivity contribution in [2.75, 3.05) is 7.11 Å². The number of benzene rings is 2. The van der Waals surface area contributed by atoms with Gasteiger partial charge in [-0.2, -0.15) is 0 Å². The molecule has 1 aromatic heterocycles. The Balaban J connectivity index is 1.73. The number of hydrogen-bond donors (Lipinski definition) is 3. The molecule has 0 aliphatic heterocycles. The normalized spacial score (nSPS) is 21.7. The monoisotopic (exact) mass is 466 g/mol. The zero-order valence-corrected chi connectivity index (χ0v) is 18.0. The second-order valence-electron chi connectivity index (χ2n) is 7.61. The molecule has 0 bridgehead atoms. The zero-order valence-electron chi connectivity index (χ0n) is 18.0. The fraction of sp³-hybridized carbons (Fsp3) is 0.167. The molecule has 0 spiro atoms. The molecule has 3 aromatic rings. The maximum Gasteiger partial charge on any atom is 0.350 e. The van der Waals surface area contributed by atoms with Crippen LogP contribution in [0.4, 0.5) is 8.78 Å². The highest BCUT2D eigenvalue weighted by Crippen LogP contribution is 2.39. The van der Waals surface area contributed by atoms with Gasteiger partial charge in [-0.15, -0.1) is 5.10 Å². The van der Waals surface area contributed by atoms with Crippen molar-refractivity contribution in [2.45, 2.75) is 18.0 Å². The minimum atomic E-state index is -3.39. The van der Waals surface area contributed by atoms with Crippen LogP contribution in [0, 0.1) is 0 Å². The van der Waals surface area contributed by atoms with Crippen molar-refractivity contribution in [3.63, 3.8) is 0 Å². The highest BCUT2D eigenvalue weighted by atomic mass is 19.2. The van der Waals surface area contributed by atoms with E-state index in [1.165, 1.54) is 25.4 Å². The summed E-state index contributed by atoms with van der Waals surface area (Å²) in [6, 6.07) is 13.2. The first kappa shape index (κ1) is 23.0. The first-order valence-corrected chi connectivity index (χ1v) is 10.2. The number of allylic oxidation sites excluding steroid dienone is 2. The predicted octanol–water partition coefficient (Wildman–Crippen LogP) is 3.46. The number of ether oxygens (including phenoxy) is 1. The van der Waals surface area contributed by atoms with Crippen LogP contribution in [0.2, 0.25) is 0 Å². The van der Waals surface area contributed by atoms with Gasteiger partial charge in [0.2, 0.25) is 5.79 Å². The Kier molecular flexibility index (Phi) is 6.08. The van der Waals surface area contributed by atoms with E-state index >= 15 is 8.78 Å². The number of aromatic nitrogens is 3. The van der Waals surface area contributed by atoms with Crippen molar-refractivity contribution in [3.8, 4) is 11.3 Å². The average Bonchev–Trinajstić information content (AvgIpc) is 3.39. The molecule has 0 saturated heterocycles. The van der Waals surface area contributed by atoms with E-state index in [-0.39, 0.29) is 17.7 Å². The van der Waals surface area contributed by atoms with Gasteiger partial charge in [-0.05, 0) is 41.0 Å². The van der Waals surface area contributed by atoms with E-state index < -0.39 is 23.4 Å². The smallest absolute Gasteiger partial charge is 0.350 e. The van der Waals surface area contributed by atoms with E-state index in [1.807, 2.05) is 0 Å². The van der Waals surface area contributed by atoms with Crippen LogP contribution < -0.4 is 5.32 Å². The number of carbonyl (C=O) groups excluding carboxylic acids is 1. The lowest BCUT2D eigenvalue weighted by molar-refractivity contribution is -0.157. The van der Waals surface area contributed by atoms with Crippen molar-refractivity contribution in [2.24, 2.45) is 0 Å². The van der Waals surface area contributed by atoms with Crippen molar-refractivity contribution in [1.82, 2.24) is 20.7 Å². The fourth-order valence-electron chi connectivity index (χ4n) is 3.69. The first-order chi connectivity index (χ1) is 16.3. The number of carboxylic acids is 1. The number of esters is 1. The number of aromatic amines is 1. The van der Waals surface area contributed by atoms with Crippen LogP contribution in [0.5, 0.6) is 0 Å². The molecule has 1 heterocycles. The molecule has 34 heavy (non-hydrogen) atoms. The Labute approximate surface area is 193 Å². The largest absolute Gasteiger partial charge is 0.478 e. The number of rotatable bonds is 7. The molecule has 1 aliphatic carbocycles. The predicted molar refractivity (Wildman–Crippen MR) is 119 cm³/mol. The zero-order chi connectivity index (χ0) is 24.3. The second kappa shape index (κ2) is 8.99. The third-order valence-electron chi connectivity index (χ3n) is 5.57. The van der Waals surface area contributed by atoms with Crippen molar-refractivity contribution < 1.29 is 28.2 Å². The molecule has 4 rings (SSSR count). The van der Waals surface area contributed by atoms with Gasteiger partial charge in [0.25, 0.3) is 5.67 Å². The van der Waals surface area contributed by atoms with Gasteiger partial charge in [0.15, 0.2) is 0 Å². The third-order valence-corrected chi connectivity index (χ3v) is 5.57. The number of halogens is 2. The molecule has 8 nitrogen and oxygen atoms in total. The summed E-state index contributed by atoms with van der Waals surface area (Å²) in [5, 5.41) is 21.9. The highest BCUT2D eigenvalue weighted by molar-refractivity contribution is 5.92. The lowest BCUT2D eigenvalue weighted by Gasteiger charge is -2.36. The number of methoxy groups -OCH3 is 1. The number of nitrogens with one attached hydrogen (secondary N) is 2. The molecule has 1 aliphatic rings. The summed E-state index contributed by atoms with van der Waals surface area (Å²) >= 11 is 0. The lowest BCUT2D eigenvalue weighted by Crippen LogP contribution is -2.60. The summed E-state index contributed by atoms with van der Waals surface area (Å²) in [4.78, 5) is 24.0. The average molecular weight is 466 g/mol. The first-order valence-electron chi connectivity index (χ1n) is 10.2. The van der Waals surface area contributed by atoms with Crippen LogP contribution in [-0.2, 0) is 16.1 Å². The van der Waals surface area contributed by atoms with E-state index in [1.54, 1.807) is 42.5 Å².